The Hall–Kier alpha value is -1.82. The zero-order valence-corrected chi connectivity index (χ0v) is 11.9. The Morgan fingerprint density at radius 2 is 2.10 bits per heavy atom. The van der Waals surface area contributed by atoms with Crippen molar-refractivity contribution in [3.8, 4) is 0 Å². The molecule has 0 amide bonds. The van der Waals surface area contributed by atoms with Crippen molar-refractivity contribution in [3.63, 3.8) is 0 Å². The third-order valence-corrected chi connectivity index (χ3v) is 4.27. The van der Waals surface area contributed by atoms with E-state index < -0.39 is 0 Å². The van der Waals surface area contributed by atoms with Crippen LogP contribution in [0.1, 0.15) is 42.6 Å². The SMILES string of the molecule is CCC(=O)c1ccc(Sc2n[nH]c(=O)n2C2CC2)cc1. The lowest BCUT2D eigenvalue weighted by molar-refractivity contribution is 0.0988. The maximum absolute atomic E-state index is 11.7. The second-order valence-corrected chi connectivity index (χ2v) is 5.86. The van der Waals surface area contributed by atoms with Crippen molar-refractivity contribution in [2.45, 2.75) is 42.3 Å². The van der Waals surface area contributed by atoms with Gasteiger partial charge in [0.2, 0.25) is 0 Å². The largest absolute Gasteiger partial charge is 0.344 e. The molecule has 0 aliphatic heterocycles. The number of hydrogen-bond donors (Lipinski definition) is 1. The number of nitrogens with one attached hydrogen (secondary N) is 1. The number of H-pyrrole nitrogens is 1. The average molecular weight is 289 g/mol. The highest BCUT2D eigenvalue weighted by atomic mass is 32.2. The van der Waals surface area contributed by atoms with Gasteiger partial charge in [0.05, 0.1) is 0 Å². The van der Waals surface area contributed by atoms with Gasteiger partial charge in [0.15, 0.2) is 10.9 Å². The summed E-state index contributed by atoms with van der Waals surface area (Å²) < 4.78 is 1.72. The molecule has 20 heavy (non-hydrogen) atoms. The summed E-state index contributed by atoms with van der Waals surface area (Å²) in [7, 11) is 0. The molecule has 0 bridgehead atoms. The first-order valence-corrected chi connectivity index (χ1v) is 7.48. The van der Waals surface area contributed by atoms with Crippen LogP contribution in [0.25, 0.3) is 0 Å². The number of ketones is 1. The highest BCUT2D eigenvalue weighted by molar-refractivity contribution is 7.99. The van der Waals surface area contributed by atoms with E-state index in [4.69, 9.17) is 0 Å². The lowest BCUT2D eigenvalue weighted by atomic mass is 10.1. The number of aromatic amines is 1. The maximum Gasteiger partial charge on any atom is 0.344 e. The van der Waals surface area contributed by atoms with Crippen LogP contribution in [-0.2, 0) is 0 Å². The van der Waals surface area contributed by atoms with Crippen LogP contribution in [0.3, 0.4) is 0 Å². The molecule has 0 radical (unpaired) electrons. The van der Waals surface area contributed by atoms with Crippen molar-refractivity contribution in [1.82, 2.24) is 14.8 Å². The summed E-state index contributed by atoms with van der Waals surface area (Å²) in [6, 6.07) is 7.72. The Balaban J connectivity index is 1.81. The summed E-state index contributed by atoms with van der Waals surface area (Å²) in [4.78, 5) is 24.2. The Morgan fingerprint density at radius 1 is 1.40 bits per heavy atom. The van der Waals surface area contributed by atoms with E-state index >= 15 is 0 Å². The van der Waals surface area contributed by atoms with E-state index in [9.17, 15) is 9.59 Å². The number of nitrogens with zero attached hydrogens (tertiary/aromatic N) is 2. The number of rotatable bonds is 5. The highest BCUT2D eigenvalue weighted by Gasteiger charge is 2.28. The van der Waals surface area contributed by atoms with Gasteiger partial charge in [0.1, 0.15) is 0 Å². The number of hydrogen-bond acceptors (Lipinski definition) is 4. The van der Waals surface area contributed by atoms with Crippen LogP contribution in [0.2, 0.25) is 0 Å². The molecule has 1 fully saturated rings. The third kappa shape index (κ3) is 2.56. The van der Waals surface area contributed by atoms with Crippen molar-refractivity contribution in [2.24, 2.45) is 0 Å². The fraction of sp³-hybridized carbons (Fsp3) is 0.357. The van der Waals surface area contributed by atoms with Gasteiger partial charge in [-0.25, -0.2) is 9.89 Å². The number of aromatic nitrogens is 3. The van der Waals surface area contributed by atoms with E-state index in [0.29, 0.717) is 17.6 Å². The Labute approximate surface area is 120 Å². The van der Waals surface area contributed by atoms with Crippen molar-refractivity contribution in [1.29, 1.82) is 0 Å². The van der Waals surface area contributed by atoms with Crippen molar-refractivity contribution in [2.75, 3.05) is 0 Å². The van der Waals surface area contributed by atoms with Gasteiger partial charge in [-0.1, -0.05) is 19.1 Å². The molecule has 0 unspecified atom stereocenters. The molecule has 1 aliphatic carbocycles. The van der Waals surface area contributed by atoms with Gasteiger partial charge >= 0.3 is 5.69 Å². The van der Waals surface area contributed by atoms with Crippen LogP contribution in [0.15, 0.2) is 39.1 Å². The van der Waals surface area contributed by atoms with Crippen LogP contribution < -0.4 is 5.69 Å². The number of Topliss-reactive ketones (excluding diaryl/α,β-unsaturated/α-hetero) is 1. The lowest BCUT2D eigenvalue weighted by Crippen LogP contribution is -2.15. The third-order valence-electron chi connectivity index (χ3n) is 3.29. The first-order valence-electron chi connectivity index (χ1n) is 6.67. The van der Waals surface area contributed by atoms with Crippen molar-refractivity contribution < 1.29 is 4.79 Å². The van der Waals surface area contributed by atoms with Gasteiger partial charge in [0, 0.05) is 22.9 Å². The van der Waals surface area contributed by atoms with Crippen LogP contribution in [0.5, 0.6) is 0 Å². The van der Waals surface area contributed by atoms with Gasteiger partial charge in [-0.05, 0) is 36.7 Å². The standard InChI is InChI=1S/C14H15N3O2S/c1-2-12(18)9-3-7-11(8-4-9)20-14-16-15-13(19)17(14)10-5-6-10/h3-4,7-8,10H,2,5-6H2,1H3,(H,15,19). The number of carbonyl (C=O) groups excluding carboxylic acids is 1. The molecular formula is C14H15N3O2S. The zero-order valence-electron chi connectivity index (χ0n) is 11.1. The summed E-state index contributed by atoms with van der Waals surface area (Å²) in [5.41, 5.74) is 0.575. The monoisotopic (exact) mass is 289 g/mol. The average Bonchev–Trinajstić information content (AvgIpc) is 3.24. The van der Waals surface area contributed by atoms with Gasteiger partial charge in [-0.15, -0.1) is 5.10 Å². The second-order valence-electron chi connectivity index (χ2n) is 4.82. The lowest BCUT2D eigenvalue weighted by Gasteiger charge is -2.04. The topological polar surface area (TPSA) is 67.8 Å². The van der Waals surface area contributed by atoms with E-state index in [2.05, 4.69) is 10.2 Å². The maximum atomic E-state index is 11.7. The van der Waals surface area contributed by atoms with E-state index in [1.165, 1.54) is 11.8 Å². The quantitative estimate of drug-likeness (QED) is 0.859. The molecule has 0 saturated heterocycles. The first kappa shape index (κ1) is 13.2. The molecule has 3 rings (SSSR count). The molecule has 1 aromatic carbocycles. The van der Waals surface area contributed by atoms with E-state index in [1.807, 2.05) is 31.2 Å². The van der Waals surface area contributed by atoms with Gasteiger partial charge < -0.3 is 0 Å². The van der Waals surface area contributed by atoms with Crippen LogP contribution in [0, 0.1) is 0 Å². The minimum Gasteiger partial charge on any atom is -0.294 e. The van der Waals surface area contributed by atoms with E-state index in [0.717, 1.165) is 23.3 Å². The number of carbonyl (C=O) groups is 1. The van der Waals surface area contributed by atoms with E-state index in [-0.39, 0.29) is 11.5 Å². The molecule has 1 N–H and O–H groups in total. The molecular weight excluding hydrogens is 274 g/mol. The molecule has 5 nitrogen and oxygen atoms in total. The summed E-state index contributed by atoms with van der Waals surface area (Å²) in [6.45, 7) is 1.85. The minimum atomic E-state index is -0.146. The molecule has 0 atom stereocenters. The van der Waals surface area contributed by atoms with Crippen LogP contribution in [0.4, 0.5) is 0 Å². The molecule has 1 saturated carbocycles. The molecule has 2 aromatic rings. The van der Waals surface area contributed by atoms with Crippen molar-refractivity contribution in [3.05, 3.63) is 40.3 Å². The normalized spacial score (nSPS) is 14.4. The Bertz CT molecular complexity index is 683. The smallest absolute Gasteiger partial charge is 0.294 e. The Morgan fingerprint density at radius 3 is 2.70 bits per heavy atom. The summed E-state index contributed by atoms with van der Waals surface area (Å²) in [5.74, 6) is 0.135. The second kappa shape index (κ2) is 5.28. The summed E-state index contributed by atoms with van der Waals surface area (Å²) in [6.07, 6.45) is 2.58. The molecule has 1 aliphatic rings. The summed E-state index contributed by atoms with van der Waals surface area (Å²) >= 11 is 1.44. The van der Waals surface area contributed by atoms with Gasteiger partial charge in [-0.2, -0.15) is 0 Å². The molecule has 6 heteroatoms. The van der Waals surface area contributed by atoms with E-state index in [1.54, 1.807) is 4.57 Å². The predicted octanol–water partition coefficient (Wildman–Crippen LogP) is 2.65. The fourth-order valence-corrected chi connectivity index (χ4v) is 2.94. The van der Waals surface area contributed by atoms with Gasteiger partial charge in [0.25, 0.3) is 0 Å². The Kier molecular flexibility index (Phi) is 3.48. The minimum absolute atomic E-state index is 0.135. The highest BCUT2D eigenvalue weighted by Crippen LogP contribution is 2.37. The molecule has 104 valence electrons. The number of benzene rings is 1. The fourth-order valence-electron chi connectivity index (χ4n) is 2.04. The summed E-state index contributed by atoms with van der Waals surface area (Å²) in [5, 5.41) is 7.25. The van der Waals surface area contributed by atoms with Crippen LogP contribution in [-0.4, -0.2) is 20.5 Å². The predicted molar refractivity (Wildman–Crippen MR) is 76.3 cm³/mol. The molecule has 1 aromatic heterocycles. The van der Waals surface area contributed by atoms with Gasteiger partial charge in [-0.3, -0.25) is 9.36 Å². The van der Waals surface area contributed by atoms with Crippen molar-refractivity contribution >= 4 is 17.5 Å². The first-order chi connectivity index (χ1) is 9.69. The van der Waals surface area contributed by atoms with Crippen LogP contribution >= 0.6 is 11.8 Å². The molecule has 0 spiro atoms. The zero-order chi connectivity index (χ0) is 14.1. The molecule has 1 heterocycles.